The third-order valence-corrected chi connectivity index (χ3v) is 5.88. The SMILES string of the molecule is COc1cccc([C@@H](NC(=O)CCc2ccc(Cl)c(Cl)c2)C(=O)N[C@H](C(=O)C(F)(F)F)C(C)C)c1. The Kier molecular flexibility index (Phi) is 9.97. The van der Waals surface area contributed by atoms with E-state index in [1.165, 1.54) is 33.1 Å². The molecule has 2 atom stereocenters. The Balaban J connectivity index is 2.25. The Bertz CT molecular complexity index is 1080. The average molecular weight is 533 g/mol. The van der Waals surface area contributed by atoms with Gasteiger partial charge in [0.05, 0.1) is 23.2 Å². The highest BCUT2D eigenvalue weighted by atomic mass is 35.5. The number of amides is 2. The maximum atomic E-state index is 13.1. The standard InChI is InChI=1S/C24H25Cl2F3N2O4/c1-13(2)20(22(33)24(27,28)29)31-23(34)21(15-5-4-6-16(12-15)35-3)30-19(32)10-8-14-7-9-17(25)18(26)11-14/h4-7,9,11-13,20-21H,8,10H2,1-3H3,(H,30,32)(H,31,34)/t20-,21+/m0/s1. The van der Waals surface area contributed by atoms with Gasteiger partial charge in [0.2, 0.25) is 11.8 Å². The van der Waals surface area contributed by atoms with Crippen LogP contribution in [0.2, 0.25) is 10.0 Å². The second-order valence-corrected chi connectivity index (χ2v) is 8.93. The summed E-state index contributed by atoms with van der Waals surface area (Å²) in [7, 11) is 1.40. The summed E-state index contributed by atoms with van der Waals surface area (Å²) in [6.07, 6.45) is -4.89. The van der Waals surface area contributed by atoms with Crippen molar-refractivity contribution >= 4 is 40.8 Å². The predicted octanol–water partition coefficient (Wildman–Crippen LogP) is 5.06. The molecular weight excluding hydrogens is 508 g/mol. The molecule has 2 amide bonds. The van der Waals surface area contributed by atoms with Crippen molar-refractivity contribution in [1.82, 2.24) is 10.6 Å². The van der Waals surface area contributed by atoms with E-state index in [1.54, 1.807) is 30.3 Å². The highest BCUT2D eigenvalue weighted by molar-refractivity contribution is 6.42. The Morgan fingerprint density at radius 3 is 2.26 bits per heavy atom. The topological polar surface area (TPSA) is 84.5 Å². The number of ether oxygens (including phenoxy) is 1. The van der Waals surface area contributed by atoms with Crippen molar-refractivity contribution in [2.75, 3.05) is 7.11 Å². The van der Waals surface area contributed by atoms with Crippen molar-refractivity contribution in [2.45, 2.75) is 44.9 Å². The van der Waals surface area contributed by atoms with Crippen LogP contribution >= 0.6 is 23.2 Å². The lowest BCUT2D eigenvalue weighted by Gasteiger charge is -2.26. The molecule has 6 nitrogen and oxygen atoms in total. The molecular formula is C24H25Cl2F3N2O4. The normalized spacial score (nSPS) is 13.2. The minimum absolute atomic E-state index is 0.0409. The zero-order chi connectivity index (χ0) is 26.3. The molecule has 0 spiro atoms. The Morgan fingerprint density at radius 2 is 1.69 bits per heavy atom. The Hall–Kier alpha value is -2.78. The minimum Gasteiger partial charge on any atom is -0.497 e. The molecule has 0 aromatic heterocycles. The summed E-state index contributed by atoms with van der Waals surface area (Å²) in [4.78, 5) is 37.6. The highest BCUT2D eigenvalue weighted by Gasteiger charge is 2.45. The van der Waals surface area contributed by atoms with Crippen LogP contribution in [0.25, 0.3) is 0 Å². The number of aryl methyl sites for hydroxylation is 1. The monoisotopic (exact) mass is 532 g/mol. The number of carbonyl (C=O) groups excluding carboxylic acids is 3. The van der Waals surface area contributed by atoms with E-state index in [9.17, 15) is 27.6 Å². The van der Waals surface area contributed by atoms with Gasteiger partial charge in [-0.15, -0.1) is 0 Å². The van der Waals surface area contributed by atoms with Gasteiger partial charge in [-0.1, -0.05) is 55.2 Å². The number of carbonyl (C=O) groups is 3. The molecule has 0 fully saturated rings. The van der Waals surface area contributed by atoms with Crippen molar-refractivity contribution in [2.24, 2.45) is 5.92 Å². The molecule has 0 aliphatic rings. The summed E-state index contributed by atoms with van der Waals surface area (Å²) >= 11 is 11.9. The van der Waals surface area contributed by atoms with Crippen LogP contribution in [0.5, 0.6) is 5.75 Å². The molecule has 0 unspecified atom stereocenters. The van der Waals surface area contributed by atoms with Gasteiger partial charge >= 0.3 is 6.18 Å². The number of benzene rings is 2. The third kappa shape index (κ3) is 8.14. The Labute approximate surface area is 211 Å². The first-order valence-electron chi connectivity index (χ1n) is 10.6. The summed E-state index contributed by atoms with van der Waals surface area (Å²) in [6.45, 7) is 2.76. The van der Waals surface area contributed by atoms with Crippen molar-refractivity contribution in [3.8, 4) is 5.75 Å². The number of Topliss-reactive ketones (excluding diaryl/α,β-unsaturated/α-hetero) is 1. The molecule has 2 aromatic carbocycles. The molecule has 2 N–H and O–H groups in total. The molecule has 0 heterocycles. The number of ketones is 1. The lowest BCUT2D eigenvalue weighted by atomic mass is 9.97. The fourth-order valence-electron chi connectivity index (χ4n) is 3.26. The van der Waals surface area contributed by atoms with E-state index >= 15 is 0 Å². The van der Waals surface area contributed by atoms with Crippen LogP contribution in [-0.4, -0.2) is 36.9 Å². The van der Waals surface area contributed by atoms with Crippen molar-refractivity contribution < 1.29 is 32.3 Å². The smallest absolute Gasteiger partial charge is 0.452 e. The first kappa shape index (κ1) is 28.5. The van der Waals surface area contributed by atoms with Gasteiger partial charge in [-0.05, 0) is 47.7 Å². The van der Waals surface area contributed by atoms with E-state index < -0.39 is 41.8 Å². The second kappa shape index (κ2) is 12.3. The molecule has 0 aliphatic carbocycles. The van der Waals surface area contributed by atoms with Crippen molar-refractivity contribution in [3.05, 3.63) is 63.6 Å². The summed E-state index contributed by atoms with van der Waals surface area (Å²) < 4.78 is 44.3. The van der Waals surface area contributed by atoms with Gasteiger partial charge in [0.1, 0.15) is 11.8 Å². The second-order valence-electron chi connectivity index (χ2n) is 8.12. The molecule has 0 aliphatic heterocycles. The van der Waals surface area contributed by atoms with Crippen LogP contribution in [-0.2, 0) is 20.8 Å². The number of halogens is 5. The number of alkyl halides is 3. The van der Waals surface area contributed by atoms with Gasteiger partial charge < -0.3 is 15.4 Å². The summed E-state index contributed by atoms with van der Waals surface area (Å²) in [6, 6.07) is 7.88. The summed E-state index contributed by atoms with van der Waals surface area (Å²) in [5.41, 5.74) is 0.999. The third-order valence-electron chi connectivity index (χ3n) is 5.15. The molecule has 0 radical (unpaired) electrons. The van der Waals surface area contributed by atoms with Crippen LogP contribution in [0.4, 0.5) is 13.2 Å². The average Bonchev–Trinajstić information content (AvgIpc) is 2.80. The van der Waals surface area contributed by atoms with Gasteiger partial charge in [0.15, 0.2) is 0 Å². The van der Waals surface area contributed by atoms with E-state index in [4.69, 9.17) is 27.9 Å². The zero-order valence-corrected chi connectivity index (χ0v) is 20.7. The largest absolute Gasteiger partial charge is 0.497 e. The lowest BCUT2D eigenvalue weighted by molar-refractivity contribution is -0.175. The van der Waals surface area contributed by atoms with E-state index in [2.05, 4.69) is 10.6 Å². The number of methoxy groups -OCH3 is 1. The van der Waals surface area contributed by atoms with Gasteiger partial charge in [-0.25, -0.2) is 0 Å². The number of rotatable bonds is 10. The highest BCUT2D eigenvalue weighted by Crippen LogP contribution is 2.25. The molecule has 2 rings (SSSR count). The maximum Gasteiger partial charge on any atom is 0.452 e. The van der Waals surface area contributed by atoms with Gasteiger partial charge in [-0.3, -0.25) is 14.4 Å². The van der Waals surface area contributed by atoms with Crippen molar-refractivity contribution in [3.63, 3.8) is 0 Å². The molecule has 0 bridgehead atoms. The number of nitrogens with one attached hydrogen (secondary N) is 2. The fraction of sp³-hybridized carbons (Fsp3) is 0.375. The minimum atomic E-state index is -5.13. The fourth-order valence-corrected chi connectivity index (χ4v) is 3.58. The molecule has 35 heavy (non-hydrogen) atoms. The first-order chi connectivity index (χ1) is 16.3. The van der Waals surface area contributed by atoms with Crippen LogP contribution in [0.15, 0.2) is 42.5 Å². The van der Waals surface area contributed by atoms with Gasteiger partial charge in [0.25, 0.3) is 5.78 Å². The zero-order valence-electron chi connectivity index (χ0n) is 19.2. The molecule has 2 aromatic rings. The van der Waals surface area contributed by atoms with Crippen LogP contribution < -0.4 is 15.4 Å². The number of hydrogen-bond donors (Lipinski definition) is 2. The van der Waals surface area contributed by atoms with Gasteiger partial charge in [0, 0.05) is 6.42 Å². The maximum absolute atomic E-state index is 13.1. The first-order valence-corrected chi connectivity index (χ1v) is 11.4. The van der Waals surface area contributed by atoms with E-state index in [-0.39, 0.29) is 18.4 Å². The van der Waals surface area contributed by atoms with E-state index in [1.807, 2.05) is 0 Å². The Morgan fingerprint density at radius 1 is 1.00 bits per heavy atom. The van der Waals surface area contributed by atoms with Crippen LogP contribution in [0.1, 0.15) is 37.4 Å². The molecule has 190 valence electrons. The van der Waals surface area contributed by atoms with Crippen molar-refractivity contribution in [1.29, 1.82) is 0 Å². The lowest BCUT2D eigenvalue weighted by Crippen LogP contribution is -2.52. The summed E-state index contributed by atoms with van der Waals surface area (Å²) in [5, 5.41) is 5.39. The molecule has 0 saturated heterocycles. The quantitative estimate of drug-likeness (QED) is 0.447. The van der Waals surface area contributed by atoms with Crippen LogP contribution in [0, 0.1) is 5.92 Å². The number of hydrogen-bond acceptors (Lipinski definition) is 4. The predicted molar refractivity (Wildman–Crippen MR) is 126 cm³/mol. The van der Waals surface area contributed by atoms with Crippen LogP contribution in [0.3, 0.4) is 0 Å². The van der Waals surface area contributed by atoms with E-state index in [0.717, 1.165) is 5.56 Å². The summed E-state index contributed by atoms with van der Waals surface area (Å²) in [5.74, 6) is -4.04. The molecule has 0 saturated carbocycles. The molecule has 11 heteroatoms. The van der Waals surface area contributed by atoms with Gasteiger partial charge in [-0.2, -0.15) is 13.2 Å². The van der Waals surface area contributed by atoms with E-state index in [0.29, 0.717) is 15.8 Å².